The molecule has 10 aromatic carbocycles. The van der Waals surface area contributed by atoms with Crippen molar-refractivity contribution in [1.29, 1.82) is 0 Å². The van der Waals surface area contributed by atoms with Gasteiger partial charge in [-0.1, -0.05) is 176 Å². The normalized spacial score (nSPS) is 11.4. The fraction of sp³-hybridized carbons (Fsp3) is 0. The van der Waals surface area contributed by atoms with E-state index in [9.17, 15) is 0 Å². The van der Waals surface area contributed by atoms with Crippen molar-refractivity contribution in [2.24, 2.45) is 0 Å². The van der Waals surface area contributed by atoms with Crippen LogP contribution in [0.5, 0.6) is 0 Å². The minimum absolute atomic E-state index is 1.11. The van der Waals surface area contributed by atoms with E-state index in [-0.39, 0.29) is 0 Å². The summed E-state index contributed by atoms with van der Waals surface area (Å²) in [5.41, 5.74) is 10.6. The summed E-state index contributed by atoms with van der Waals surface area (Å²) in [5, 5.41) is 10.2. The third-order valence-electron chi connectivity index (χ3n) is 10.7. The Morgan fingerprint density at radius 2 is 0.736 bits per heavy atom. The molecule has 0 aliphatic heterocycles. The van der Waals surface area contributed by atoms with Crippen molar-refractivity contribution < 1.29 is 0 Å². The van der Waals surface area contributed by atoms with Crippen LogP contribution in [0.3, 0.4) is 0 Å². The van der Waals surface area contributed by atoms with Gasteiger partial charge >= 0.3 is 0 Å². The summed E-state index contributed by atoms with van der Waals surface area (Å²) in [5.74, 6) is 0. The van der Waals surface area contributed by atoms with Gasteiger partial charge in [-0.25, -0.2) is 0 Å². The van der Waals surface area contributed by atoms with Gasteiger partial charge < -0.3 is 4.90 Å². The van der Waals surface area contributed by atoms with E-state index in [0.717, 1.165) is 17.1 Å². The van der Waals surface area contributed by atoms with E-state index in [1.165, 1.54) is 76.5 Å². The highest BCUT2D eigenvalue weighted by Crippen LogP contribution is 2.42. The van der Waals surface area contributed by atoms with Crippen LogP contribution in [-0.4, -0.2) is 0 Å². The predicted octanol–water partition coefficient (Wildman–Crippen LogP) is 14.8. The Hall–Kier alpha value is -6.96. The van der Waals surface area contributed by atoms with Crippen LogP contribution >= 0.6 is 0 Å². The van der Waals surface area contributed by atoms with Crippen LogP contribution in [0, 0.1) is 0 Å². The maximum absolute atomic E-state index is 2.38. The zero-order chi connectivity index (χ0) is 35.1. The van der Waals surface area contributed by atoms with Gasteiger partial charge in [-0.05, 0) is 107 Å². The van der Waals surface area contributed by atoms with E-state index >= 15 is 0 Å². The summed E-state index contributed by atoms with van der Waals surface area (Å²) in [6.45, 7) is 0. The average molecular weight is 674 g/mol. The first-order valence-corrected chi connectivity index (χ1v) is 18.3. The Bertz CT molecular complexity index is 2920. The van der Waals surface area contributed by atoms with Crippen LogP contribution in [0.2, 0.25) is 0 Å². The predicted molar refractivity (Wildman–Crippen MR) is 227 cm³/mol. The highest BCUT2D eigenvalue weighted by molar-refractivity contribution is 6.17. The molecule has 0 amide bonds. The summed E-state index contributed by atoms with van der Waals surface area (Å²) in [6, 6.07) is 77.2. The molecule has 0 bridgehead atoms. The van der Waals surface area contributed by atoms with Crippen molar-refractivity contribution in [3.05, 3.63) is 212 Å². The lowest BCUT2D eigenvalue weighted by Crippen LogP contribution is -2.11. The lowest BCUT2D eigenvalue weighted by molar-refractivity contribution is 1.28. The fourth-order valence-corrected chi connectivity index (χ4v) is 8.04. The Morgan fingerprint density at radius 1 is 0.245 bits per heavy atom. The van der Waals surface area contributed by atoms with Crippen LogP contribution in [0.15, 0.2) is 212 Å². The molecule has 0 radical (unpaired) electrons. The SMILES string of the molecule is c1ccc(-c2ccccc2N(c2ccc(-c3ccc4c(ccc5c6ccccc6ccc45)c3)cc2)c2ccc(-c3cccc4ccccc34)cc2)cc1. The summed E-state index contributed by atoms with van der Waals surface area (Å²) in [7, 11) is 0. The molecular weight excluding hydrogens is 639 g/mol. The van der Waals surface area contributed by atoms with Gasteiger partial charge in [0, 0.05) is 16.9 Å². The molecular formula is C52H35N. The van der Waals surface area contributed by atoms with Crippen molar-refractivity contribution in [1.82, 2.24) is 0 Å². The molecule has 0 aromatic heterocycles. The van der Waals surface area contributed by atoms with Gasteiger partial charge in [0.25, 0.3) is 0 Å². The molecule has 10 aromatic rings. The van der Waals surface area contributed by atoms with Crippen LogP contribution in [0.25, 0.3) is 76.5 Å². The Kier molecular flexibility index (Phi) is 7.55. The molecule has 10 rings (SSSR count). The number of rotatable bonds is 6. The molecule has 0 saturated heterocycles. The monoisotopic (exact) mass is 673 g/mol. The molecule has 0 saturated carbocycles. The number of nitrogens with zero attached hydrogens (tertiary/aromatic N) is 1. The number of para-hydroxylation sites is 1. The van der Waals surface area contributed by atoms with Crippen molar-refractivity contribution in [2.75, 3.05) is 4.90 Å². The van der Waals surface area contributed by atoms with E-state index < -0.39 is 0 Å². The van der Waals surface area contributed by atoms with Crippen molar-refractivity contribution in [3.63, 3.8) is 0 Å². The molecule has 1 heteroatoms. The zero-order valence-electron chi connectivity index (χ0n) is 29.2. The van der Waals surface area contributed by atoms with E-state index in [4.69, 9.17) is 0 Å². The Labute approximate surface area is 309 Å². The van der Waals surface area contributed by atoms with E-state index in [0.29, 0.717) is 0 Å². The first-order valence-electron chi connectivity index (χ1n) is 18.3. The van der Waals surface area contributed by atoms with Gasteiger partial charge in [-0.15, -0.1) is 0 Å². The van der Waals surface area contributed by atoms with Gasteiger partial charge in [0.15, 0.2) is 0 Å². The lowest BCUT2D eigenvalue weighted by atomic mass is 9.94. The number of hydrogen-bond acceptors (Lipinski definition) is 1. The van der Waals surface area contributed by atoms with Crippen molar-refractivity contribution in [3.8, 4) is 33.4 Å². The smallest absolute Gasteiger partial charge is 0.0540 e. The van der Waals surface area contributed by atoms with Crippen LogP contribution in [0.1, 0.15) is 0 Å². The van der Waals surface area contributed by atoms with Crippen molar-refractivity contribution in [2.45, 2.75) is 0 Å². The van der Waals surface area contributed by atoms with E-state index in [1.54, 1.807) is 0 Å². The molecule has 1 nitrogen and oxygen atoms in total. The maximum atomic E-state index is 2.38. The second kappa shape index (κ2) is 13.0. The minimum atomic E-state index is 1.11. The summed E-state index contributed by atoms with van der Waals surface area (Å²) < 4.78 is 0. The Morgan fingerprint density at radius 3 is 1.49 bits per heavy atom. The molecule has 0 fully saturated rings. The molecule has 0 aliphatic rings. The molecule has 0 heterocycles. The molecule has 248 valence electrons. The zero-order valence-corrected chi connectivity index (χ0v) is 29.2. The molecule has 0 N–H and O–H groups in total. The van der Waals surface area contributed by atoms with Crippen LogP contribution in [-0.2, 0) is 0 Å². The van der Waals surface area contributed by atoms with Gasteiger partial charge in [0.1, 0.15) is 0 Å². The first kappa shape index (κ1) is 30.8. The van der Waals surface area contributed by atoms with E-state index in [2.05, 4.69) is 217 Å². The number of hydrogen-bond donors (Lipinski definition) is 0. The highest BCUT2D eigenvalue weighted by Gasteiger charge is 2.18. The lowest BCUT2D eigenvalue weighted by Gasteiger charge is -2.28. The third-order valence-corrected chi connectivity index (χ3v) is 10.7. The van der Waals surface area contributed by atoms with Gasteiger partial charge in [0.2, 0.25) is 0 Å². The van der Waals surface area contributed by atoms with Crippen LogP contribution in [0.4, 0.5) is 17.1 Å². The number of fused-ring (bicyclic) bond motifs is 6. The standard InChI is InChI=1S/C52H35N/c1-2-11-38(12-3-1)49-18-8-9-20-52(49)53(44-30-23-40(24-31-44)46-19-10-15-37-13-4-6-16-45(37)46)43-28-21-36(22-29-43)41-26-32-48-42(35-41)27-34-50-47-17-7-5-14-39(47)25-33-51(48)50/h1-35H. The Balaban J connectivity index is 1.06. The number of benzene rings is 10. The summed E-state index contributed by atoms with van der Waals surface area (Å²) in [4.78, 5) is 2.38. The second-order valence-electron chi connectivity index (χ2n) is 13.7. The molecule has 0 spiro atoms. The fourth-order valence-electron chi connectivity index (χ4n) is 8.04. The topological polar surface area (TPSA) is 3.24 Å². The molecule has 53 heavy (non-hydrogen) atoms. The largest absolute Gasteiger partial charge is 0.310 e. The third kappa shape index (κ3) is 5.51. The summed E-state index contributed by atoms with van der Waals surface area (Å²) in [6.07, 6.45) is 0. The summed E-state index contributed by atoms with van der Waals surface area (Å²) >= 11 is 0. The van der Waals surface area contributed by atoms with Gasteiger partial charge in [-0.3, -0.25) is 0 Å². The van der Waals surface area contributed by atoms with E-state index in [1.807, 2.05) is 0 Å². The quantitative estimate of drug-likeness (QED) is 0.159. The maximum Gasteiger partial charge on any atom is 0.0540 e. The highest BCUT2D eigenvalue weighted by atomic mass is 15.1. The van der Waals surface area contributed by atoms with Gasteiger partial charge in [-0.2, -0.15) is 0 Å². The molecule has 0 aliphatic carbocycles. The molecule has 0 unspecified atom stereocenters. The molecule has 0 atom stereocenters. The minimum Gasteiger partial charge on any atom is -0.310 e. The van der Waals surface area contributed by atoms with Crippen molar-refractivity contribution >= 4 is 60.2 Å². The first-order chi connectivity index (χ1) is 26.3. The second-order valence-corrected chi connectivity index (χ2v) is 13.7. The number of anilines is 3. The average Bonchev–Trinajstić information content (AvgIpc) is 3.24. The van der Waals surface area contributed by atoms with Gasteiger partial charge in [0.05, 0.1) is 5.69 Å². The van der Waals surface area contributed by atoms with Crippen LogP contribution < -0.4 is 4.90 Å².